The van der Waals surface area contributed by atoms with Crippen molar-refractivity contribution in [1.29, 1.82) is 0 Å². The van der Waals surface area contributed by atoms with Crippen molar-refractivity contribution in [3.8, 4) is 22.8 Å². The van der Waals surface area contributed by atoms with Gasteiger partial charge in [0.1, 0.15) is 23.3 Å². The summed E-state index contributed by atoms with van der Waals surface area (Å²) in [5, 5.41) is 0.409. The number of H-pyrrole nitrogens is 1. The van der Waals surface area contributed by atoms with Crippen molar-refractivity contribution >= 4 is 17.7 Å². The summed E-state index contributed by atoms with van der Waals surface area (Å²) >= 11 is 6.38. The maximum Gasteiger partial charge on any atom is 0.417 e. The molecule has 182 valence electrons. The number of halogens is 4. The van der Waals surface area contributed by atoms with Crippen LogP contribution in [0.15, 0.2) is 42.6 Å². The lowest BCUT2D eigenvalue weighted by Crippen LogP contribution is -2.07. The van der Waals surface area contributed by atoms with E-state index in [1.54, 1.807) is 18.2 Å². The van der Waals surface area contributed by atoms with Gasteiger partial charge in [-0.1, -0.05) is 44.4 Å². The first kappa shape index (κ1) is 25.6. The number of imidazole rings is 1. The Morgan fingerprint density at radius 2 is 1.88 bits per heavy atom. The van der Waals surface area contributed by atoms with Crippen LogP contribution in [0.4, 0.5) is 13.2 Å². The minimum absolute atomic E-state index is 0.0114. The Labute approximate surface area is 202 Å². The summed E-state index contributed by atoms with van der Waals surface area (Å²) in [7, 11) is 1.50. The number of pyridine rings is 1. The molecule has 0 spiro atoms. The molecule has 3 aromatic rings. The molecule has 9 heteroatoms. The maximum atomic E-state index is 12.7. The van der Waals surface area contributed by atoms with E-state index in [4.69, 9.17) is 21.1 Å². The van der Waals surface area contributed by atoms with Crippen LogP contribution in [0.1, 0.15) is 50.2 Å². The molecule has 0 saturated carbocycles. The van der Waals surface area contributed by atoms with Gasteiger partial charge in [-0.15, -0.1) is 0 Å². The number of methoxy groups -OCH3 is 1. The fraction of sp³-hybridized carbons (Fsp3) is 0.360. The van der Waals surface area contributed by atoms with Crippen molar-refractivity contribution < 1.29 is 22.6 Å². The van der Waals surface area contributed by atoms with E-state index in [-0.39, 0.29) is 6.61 Å². The van der Waals surface area contributed by atoms with Crippen LogP contribution in [0.5, 0.6) is 11.5 Å². The number of nitrogens with one attached hydrogen (secondary N) is 1. The number of rotatable bonds is 10. The summed E-state index contributed by atoms with van der Waals surface area (Å²) in [6, 6.07) is 7.49. The zero-order valence-corrected chi connectivity index (χ0v) is 20.0. The molecule has 0 aliphatic carbocycles. The first-order valence-electron chi connectivity index (χ1n) is 11.0. The van der Waals surface area contributed by atoms with Gasteiger partial charge < -0.3 is 14.5 Å². The van der Waals surface area contributed by atoms with E-state index in [2.05, 4.69) is 34.9 Å². The molecular formula is C25H27ClF3N3O2. The number of nitrogens with zero attached hydrogens (tertiary/aromatic N) is 2. The van der Waals surface area contributed by atoms with Crippen LogP contribution in [0.2, 0.25) is 5.15 Å². The van der Waals surface area contributed by atoms with Gasteiger partial charge >= 0.3 is 6.18 Å². The molecule has 1 N–H and O–H groups in total. The van der Waals surface area contributed by atoms with Gasteiger partial charge in [-0.05, 0) is 48.7 Å². The smallest absolute Gasteiger partial charge is 0.417 e. The molecule has 5 nitrogen and oxygen atoms in total. The summed E-state index contributed by atoms with van der Waals surface area (Å²) < 4.78 is 49.2. The van der Waals surface area contributed by atoms with E-state index in [9.17, 15) is 13.2 Å². The lowest BCUT2D eigenvalue weighted by molar-refractivity contribution is -0.137. The third-order valence-electron chi connectivity index (χ3n) is 5.54. The van der Waals surface area contributed by atoms with E-state index >= 15 is 0 Å². The van der Waals surface area contributed by atoms with Gasteiger partial charge in [-0.2, -0.15) is 13.2 Å². The number of hydrogen-bond acceptors (Lipinski definition) is 4. The second-order valence-electron chi connectivity index (χ2n) is 7.80. The monoisotopic (exact) mass is 493 g/mol. The van der Waals surface area contributed by atoms with Gasteiger partial charge in [-0.25, -0.2) is 4.98 Å². The molecule has 0 aliphatic heterocycles. The molecule has 0 saturated heterocycles. The zero-order chi connectivity index (χ0) is 24.7. The van der Waals surface area contributed by atoms with Gasteiger partial charge in [0.05, 0.1) is 18.4 Å². The molecule has 0 amide bonds. The van der Waals surface area contributed by atoms with Crippen LogP contribution >= 0.6 is 11.6 Å². The fourth-order valence-electron chi connectivity index (χ4n) is 3.40. The quantitative estimate of drug-likeness (QED) is 0.316. The topological polar surface area (TPSA) is 60.0 Å². The molecule has 0 aliphatic rings. The molecule has 0 atom stereocenters. The average molecular weight is 494 g/mol. The highest BCUT2D eigenvalue weighted by molar-refractivity contribution is 6.32. The van der Waals surface area contributed by atoms with E-state index < -0.39 is 11.7 Å². The zero-order valence-electron chi connectivity index (χ0n) is 19.2. The molecule has 34 heavy (non-hydrogen) atoms. The fourth-order valence-corrected chi connectivity index (χ4v) is 3.65. The van der Waals surface area contributed by atoms with Crippen molar-refractivity contribution in [3.05, 3.63) is 64.8 Å². The number of aromatic amines is 1. The molecule has 0 fully saturated rings. The van der Waals surface area contributed by atoms with E-state index in [0.29, 0.717) is 39.8 Å². The SMILES string of the molecule is CCC(CC)C/C=C/c1nc(-c2ccc(OCc3ccc(C(F)(F)F)cn3)c(OC)c2)c(Cl)[nH]1. The van der Waals surface area contributed by atoms with E-state index in [1.165, 1.54) is 13.2 Å². The van der Waals surface area contributed by atoms with Gasteiger partial charge in [0.25, 0.3) is 0 Å². The Balaban J connectivity index is 1.71. The summed E-state index contributed by atoms with van der Waals surface area (Å²) in [6.45, 7) is 4.36. The molecule has 3 rings (SSSR count). The Kier molecular flexibility index (Phi) is 8.61. The lowest BCUT2D eigenvalue weighted by atomic mass is 9.99. The van der Waals surface area contributed by atoms with Gasteiger partial charge in [0.2, 0.25) is 0 Å². The molecule has 2 heterocycles. The number of aromatic nitrogens is 3. The van der Waals surface area contributed by atoms with Crippen molar-refractivity contribution in [2.24, 2.45) is 5.92 Å². The average Bonchev–Trinajstić information content (AvgIpc) is 3.20. The predicted molar refractivity (Wildman–Crippen MR) is 127 cm³/mol. The molecule has 0 unspecified atom stereocenters. The first-order valence-corrected chi connectivity index (χ1v) is 11.4. The van der Waals surface area contributed by atoms with Crippen LogP contribution in [-0.2, 0) is 12.8 Å². The highest BCUT2D eigenvalue weighted by Crippen LogP contribution is 2.35. The minimum atomic E-state index is -4.43. The Morgan fingerprint density at radius 1 is 1.12 bits per heavy atom. The largest absolute Gasteiger partial charge is 0.493 e. The van der Waals surface area contributed by atoms with Crippen LogP contribution in [-0.4, -0.2) is 22.1 Å². The molecule has 0 bridgehead atoms. The summed E-state index contributed by atoms with van der Waals surface area (Å²) in [6.07, 6.45) is 3.64. The number of allylic oxidation sites excluding steroid dienone is 1. The van der Waals surface area contributed by atoms with Crippen LogP contribution in [0.3, 0.4) is 0 Å². The van der Waals surface area contributed by atoms with Crippen molar-refractivity contribution in [1.82, 2.24) is 15.0 Å². The normalized spacial score (nSPS) is 12.0. The minimum Gasteiger partial charge on any atom is -0.493 e. The van der Waals surface area contributed by atoms with Crippen LogP contribution in [0.25, 0.3) is 17.3 Å². The summed E-state index contributed by atoms with van der Waals surface area (Å²) in [5.41, 5.74) is 0.869. The Morgan fingerprint density at radius 3 is 2.50 bits per heavy atom. The van der Waals surface area contributed by atoms with Gasteiger partial charge in [-0.3, -0.25) is 4.98 Å². The van der Waals surface area contributed by atoms with Crippen molar-refractivity contribution in [3.63, 3.8) is 0 Å². The number of alkyl halides is 3. The van der Waals surface area contributed by atoms with Gasteiger partial charge in [0, 0.05) is 11.8 Å². The molecular weight excluding hydrogens is 467 g/mol. The number of ether oxygens (including phenoxy) is 2. The second-order valence-corrected chi connectivity index (χ2v) is 8.17. The third-order valence-corrected chi connectivity index (χ3v) is 5.82. The first-order chi connectivity index (χ1) is 16.2. The maximum absolute atomic E-state index is 12.7. The Hall–Kier alpha value is -3.00. The highest BCUT2D eigenvalue weighted by atomic mass is 35.5. The number of hydrogen-bond donors (Lipinski definition) is 1. The predicted octanol–water partition coefficient (Wildman–Crippen LogP) is 7.57. The molecule has 2 aromatic heterocycles. The Bertz CT molecular complexity index is 1110. The standard InChI is InChI=1S/C25H27ClF3N3O2/c1-4-16(5-2)7-6-8-22-31-23(24(26)32-22)17-9-12-20(21(13-17)33-3)34-15-19-11-10-18(14-30-19)25(27,28)29/h6,8-14,16H,4-5,7,15H2,1-3H3,(H,31,32)/b8-6+. The van der Waals surface area contributed by atoms with Crippen molar-refractivity contribution in [2.45, 2.75) is 45.9 Å². The van der Waals surface area contributed by atoms with E-state index in [0.717, 1.165) is 37.1 Å². The molecule has 0 radical (unpaired) electrons. The van der Waals surface area contributed by atoms with Crippen molar-refractivity contribution in [2.75, 3.05) is 7.11 Å². The third kappa shape index (κ3) is 6.53. The van der Waals surface area contributed by atoms with E-state index in [1.807, 2.05) is 6.08 Å². The second kappa shape index (κ2) is 11.4. The van der Waals surface area contributed by atoms with Crippen LogP contribution in [0, 0.1) is 5.92 Å². The van der Waals surface area contributed by atoms with Crippen LogP contribution < -0.4 is 9.47 Å². The summed E-state index contributed by atoms with van der Waals surface area (Å²) in [4.78, 5) is 11.5. The summed E-state index contributed by atoms with van der Waals surface area (Å²) in [5.74, 6) is 2.17. The lowest BCUT2D eigenvalue weighted by Gasteiger charge is -2.12. The highest BCUT2D eigenvalue weighted by Gasteiger charge is 2.30. The van der Waals surface area contributed by atoms with Gasteiger partial charge in [0.15, 0.2) is 11.5 Å². The number of benzene rings is 1. The molecule has 1 aromatic carbocycles.